The molecule has 0 aromatic rings. The second kappa shape index (κ2) is 11.0. The normalized spacial score (nSPS) is 23.1. The topological polar surface area (TPSA) is 116 Å². The Labute approximate surface area is 186 Å². The first kappa shape index (κ1) is 25.1. The number of amides is 4. The molecule has 4 amide bonds. The first-order chi connectivity index (χ1) is 14.5. The number of hydrogen-bond donors (Lipinski definition) is 4. The van der Waals surface area contributed by atoms with Gasteiger partial charge in [0.25, 0.3) is 0 Å². The standard InChI is InChI=1S/C23H40N4O4/c1-22(2,20(30)26-16-10-5-7-14-24-18(16)28)12-9-13-23(3,4)21(31)27-17-11-6-8-15-25-19(17)29/h16-17H,5-15H2,1-4H3,(H,24,28)(H,25,29)(H,26,30)(H,27,31)/t16-,17-/m0/s1. The number of carbonyl (C=O) groups excluding carboxylic acids is 4. The molecule has 0 saturated carbocycles. The van der Waals surface area contributed by atoms with E-state index >= 15 is 0 Å². The zero-order chi connectivity index (χ0) is 23.1. The monoisotopic (exact) mass is 436 g/mol. The summed E-state index contributed by atoms with van der Waals surface area (Å²) in [6.07, 6.45) is 6.91. The van der Waals surface area contributed by atoms with Crippen LogP contribution in [-0.4, -0.2) is 48.8 Å². The van der Waals surface area contributed by atoms with Gasteiger partial charge in [0.2, 0.25) is 23.6 Å². The Balaban J connectivity index is 1.83. The van der Waals surface area contributed by atoms with Crippen LogP contribution in [0.15, 0.2) is 0 Å². The number of rotatable bonds is 8. The molecule has 2 fully saturated rings. The lowest BCUT2D eigenvalue weighted by atomic mass is 9.80. The summed E-state index contributed by atoms with van der Waals surface area (Å²) in [5, 5.41) is 11.5. The molecule has 8 nitrogen and oxygen atoms in total. The third-order valence-electron chi connectivity index (χ3n) is 6.51. The zero-order valence-corrected chi connectivity index (χ0v) is 19.6. The van der Waals surface area contributed by atoms with Gasteiger partial charge in [0.1, 0.15) is 12.1 Å². The van der Waals surface area contributed by atoms with E-state index in [4.69, 9.17) is 0 Å². The fraction of sp³-hybridized carbons (Fsp3) is 0.826. The minimum absolute atomic E-state index is 0.109. The first-order valence-corrected chi connectivity index (χ1v) is 11.7. The Morgan fingerprint density at radius 1 is 0.774 bits per heavy atom. The predicted molar refractivity (Wildman–Crippen MR) is 119 cm³/mol. The zero-order valence-electron chi connectivity index (χ0n) is 19.6. The number of nitrogens with one attached hydrogen (secondary N) is 4. The highest BCUT2D eigenvalue weighted by molar-refractivity contribution is 5.90. The maximum Gasteiger partial charge on any atom is 0.242 e. The average Bonchev–Trinajstić information content (AvgIpc) is 3.02. The molecule has 176 valence electrons. The van der Waals surface area contributed by atoms with E-state index in [0.717, 1.165) is 25.7 Å². The van der Waals surface area contributed by atoms with Crippen molar-refractivity contribution in [1.29, 1.82) is 0 Å². The van der Waals surface area contributed by atoms with Crippen molar-refractivity contribution in [3.05, 3.63) is 0 Å². The van der Waals surface area contributed by atoms with Crippen LogP contribution in [0.1, 0.15) is 85.5 Å². The first-order valence-electron chi connectivity index (χ1n) is 11.7. The average molecular weight is 437 g/mol. The number of hydrogen-bond acceptors (Lipinski definition) is 4. The summed E-state index contributed by atoms with van der Waals surface area (Å²) in [7, 11) is 0. The fourth-order valence-electron chi connectivity index (χ4n) is 4.06. The van der Waals surface area contributed by atoms with E-state index in [1.165, 1.54) is 0 Å². The maximum atomic E-state index is 12.8. The van der Waals surface area contributed by atoms with Gasteiger partial charge in [-0.15, -0.1) is 0 Å². The summed E-state index contributed by atoms with van der Waals surface area (Å²) in [6, 6.07) is -0.940. The Kier molecular flexibility index (Phi) is 8.89. The van der Waals surface area contributed by atoms with Crippen LogP contribution >= 0.6 is 0 Å². The molecule has 8 heteroatoms. The summed E-state index contributed by atoms with van der Waals surface area (Å²) >= 11 is 0. The lowest BCUT2D eigenvalue weighted by Gasteiger charge is -2.29. The van der Waals surface area contributed by atoms with E-state index in [0.29, 0.717) is 45.2 Å². The third-order valence-corrected chi connectivity index (χ3v) is 6.51. The van der Waals surface area contributed by atoms with Crippen molar-refractivity contribution in [2.24, 2.45) is 10.8 Å². The van der Waals surface area contributed by atoms with Crippen molar-refractivity contribution in [3.63, 3.8) is 0 Å². The smallest absolute Gasteiger partial charge is 0.242 e. The van der Waals surface area contributed by atoms with Gasteiger partial charge in [-0.3, -0.25) is 19.2 Å². The molecular weight excluding hydrogens is 396 g/mol. The van der Waals surface area contributed by atoms with Crippen molar-refractivity contribution in [1.82, 2.24) is 21.3 Å². The van der Waals surface area contributed by atoms with E-state index in [1.807, 2.05) is 27.7 Å². The Morgan fingerprint density at radius 3 is 1.55 bits per heavy atom. The van der Waals surface area contributed by atoms with Gasteiger partial charge >= 0.3 is 0 Å². The van der Waals surface area contributed by atoms with Gasteiger partial charge in [-0.1, -0.05) is 34.1 Å². The Bertz CT molecular complexity index is 618. The Hall–Kier alpha value is -2.12. The lowest BCUT2D eigenvalue weighted by Crippen LogP contribution is -2.50. The Morgan fingerprint density at radius 2 is 1.16 bits per heavy atom. The van der Waals surface area contributed by atoms with Gasteiger partial charge < -0.3 is 21.3 Å². The highest BCUT2D eigenvalue weighted by Gasteiger charge is 2.35. The molecule has 2 aliphatic heterocycles. The highest BCUT2D eigenvalue weighted by atomic mass is 16.2. The summed E-state index contributed by atoms with van der Waals surface area (Å²) in [5.74, 6) is -0.483. The van der Waals surface area contributed by atoms with Gasteiger partial charge in [-0.2, -0.15) is 0 Å². The van der Waals surface area contributed by atoms with Crippen molar-refractivity contribution in [2.45, 2.75) is 97.6 Å². The van der Waals surface area contributed by atoms with Crippen LogP contribution in [0.5, 0.6) is 0 Å². The maximum absolute atomic E-state index is 12.8. The van der Waals surface area contributed by atoms with E-state index in [9.17, 15) is 19.2 Å². The van der Waals surface area contributed by atoms with Crippen LogP contribution in [0.2, 0.25) is 0 Å². The fourth-order valence-corrected chi connectivity index (χ4v) is 4.06. The molecule has 2 saturated heterocycles. The highest BCUT2D eigenvalue weighted by Crippen LogP contribution is 2.30. The molecule has 0 aromatic carbocycles. The molecule has 0 bridgehead atoms. The van der Waals surface area contributed by atoms with E-state index < -0.39 is 22.9 Å². The van der Waals surface area contributed by atoms with E-state index in [-0.39, 0.29) is 23.6 Å². The summed E-state index contributed by atoms with van der Waals surface area (Å²) in [4.78, 5) is 49.8. The van der Waals surface area contributed by atoms with Gasteiger partial charge in [0, 0.05) is 23.9 Å². The van der Waals surface area contributed by atoms with Crippen LogP contribution in [-0.2, 0) is 19.2 Å². The minimum atomic E-state index is -0.639. The molecule has 2 atom stereocenters. The van der Waals surface area contributed by atoms with Crippen molar-refractivity contribution in [3.8, 4) is 0 Å². The van der Waals surface area contributed by atoms with Crippen LogP contribution in [0.3, 0.4) is 0 Å². The molecule has 0 radical (unpaired) electrons. The lowest BCUT2D eigenvalue weighted by molar-refractivity contribution is -0.135. The van der Waals surface area contributed by atoms with Crippen molar-refractivity contribution in [2.75, 3.05) is 13.1 Å². The van der Waals surface area contributed by atoms with Gasteiger partial charge in [-0.05, 0) is 51.4 Å². The summed E-state index contributed by atoms with van der Waals surface area (Å²) < 4.78 is 0. The molecular formula is C23H40N4O4. The molecule has 0 aromatic heterocycles. The molecule has 31 heavy (non-hydrogen) atoms. The SMILES string of the molecule is CC(C)(CCCC(C)(C)C(=O)N[C@H]1CCCCNC1=O)C(=O)N[C@H]1CCCCNC1=O. The molecule has 2 aliphatic rings. The molecule has 0 aliphatic carbocycles. The van der Waals surface area contributed by atoms with Crippen LogP contribution in [0.25, 0.3) is 0 Å². The molecule has 2 rings (SSSR count). The predicted octanol–water partition coefficient (Wildman–Crippen LogP) is 1.78. The molecule has 2 heterocycles. The second-order valence-electron chi connectivity index (χ2n) is 10.2. The summed E-state index contributed by atoms with van der Waals surface area (Å²) in [6.45, 7) is 8.82. The van der Waals surface area contributed by atoms with E-state index in [1.54, 1.807) is 0 Å². The van der Waals surface area contributed by atoms with Gasteiger partial charge in [0.05, 0.1) is 0 Å². The summed E-state index contributed by atoms with van der Waals surface area (Å²) in [5.41, 5.74) is -1.28. The van der Waals surface area contributed by atoms with Crippen LogP contribution < -0.4 is 21.3 Å². The van der Waals surface area contributed by atoms with Gasteiger partial charge in [0.15, 0.2) is 0 Å². The third kappa shape index (κ3) is 7.51. The largest absolute Gasteiger partial charge is 0.354 e. The van der Waals surface area contributed by atoms with Crippen molar-refractivity contribution < 1.29 is 19.2 Å². The molecule has 0 spiro atoms. The molecule has 4 N–H and O–H groups in total. The van der Waals surface area contributed by atoms with Crippen molar-refractivity contribution >= 4 is 23.6 Å². The quantitative estimate of drug-likeness (QED) is 0.464. The minimum Gasteiger partial charge on any atom is -0.354 e. The van der Waals surface area contributed by atoms with Gasteiger partial charge in [-0.25, -0.2) is 0 Å². The molecule has 0 unspecified atom stereocenters. The van der Waals surface area contributed by atoms with E-state index in [2.05, 4.69) is 21.3 Å². The second-order valence-corrected chi connectivity index (χ2v) is 10.2. The van der Waals surface area contributed by atoms with Crippen LogP contribution in [0.4, 0.5) is 0 Å². The van der Waals surface area contributed by atoms with Crippen LogP contribution in [0, 0.1) is 10.8 Å². The number of carbonyl (C=O) groups is 4.